The highest BCUT2D eigenvalue weighted by molar-refractivity contribution is 5.73. The molecule has 0 radical (unpaired) electrons. The highest BCUT2D eigenvalue weighted by Crippen LogP contribution is 2.13. The first-order valence-electron chi connectivity index (χ1n) is 3.23. The van der Waals surface area contributed by atoms with E-state index in [1.165, 1.54) is 0 Å². The number of nitrogens with zero attached hydrogens (tertiary/aromatic N) is 1. The zero-order valence-corrected chi connectivity index (χ0v) is 7.46. The number of hydrogen-bond acceptors (Lipinski definition) is 3. The number of hydrogen-bond donors (Lipinski definition) is 2. The van der Waals surface area contributed by atoms with Gasteiger partial charge in [-0.15, -0.1) is 0 Å². The molecule has 13 heavy (non-hydrogen) atoms. The smallest absolute Gasteiger partial charge is 0.475 e. The van der Waals surface area contributed by atoms with Gasteiger partial charge < -0.3 is 10.2 Å². The van der Waals surface area contributed by atoms with Crippen molar-refractivity contribution in [2.45, 2.75) is 19.3 Å². The Bertz CT molecular complexity index is 150. The first-order chi connectivity index (χ1) is 5.59. The average Bonchev–Trinajstić information content (AvgIpc) is 1.86. The number of halogens is 3. The Labute approximate surface area is 73.6 Å². The molecule has 4 nitrogen and oxygen atoms in total. The van der Waals surface area contributed by atoms with Crippen LogP contribution in [0, 0.1) is 0 Å². The van der Waals surface area contributed by atoms with E-state index in [0.29, 0.717) is 0 Å². The van der Waals surface area contributed by atoms with Crippen molar-refractivity contribution in [1.82, 2.24) is 4.90 Å². The summed E-state index contributed by atoms with van der Waals surface area (Å²) in [5.74, 6) is -2.76. The second-order valence-corrected chi connectivity index (χ2v) is 2.40. The molecule has 0 aliphatic heterocycles. The molecule has 0 rings (SSSR count). The molecular formula is C6H12F3NO3. The van der Waals surface area contributed by atoms with Crippen molar-refractivity contribution in [1.29, 1.82) is 0 Å². The van der Waals surface area contributed by atoms with Crippen LogP contribution in [0.1, 0.15) is 6.92 Å². The molecular weight excluding hydrogens is 191 g/mol. The van der Waals surface area contributed by atoms with Crippen LogP contribution in [0.25, 0.3) is 0 Å². The molecule has 0 saturated heterocycles. The van der Waals surface area contributed by atoms with Gasteiger partial charge in [0.1, 0.15) is 6.23 Å². The average molecular weight is 203 g/mol. The number of alkyl halides is 3. The second-order valence-electron chi connectivity index (χ2n) is 2.40. The molecule has 0 heterocycles. The van der Waals surface area contributed by atoms with Crippen LogP contribution >= 0.6 is 0 Å². The molecule has 0 saturated carbocycles. The summed E-state index contributed by atoms with van der Waals surface area (Å²) in [6.07, 6.45) is -5.40. The lowest BCUT2D eigenvalue weighted by molar-refractivity contribution is -0.192. The maximum atomic E-state index is 10.6. The summed E-state index contributed by atoms with van der Waals surface area (Å²) in [5.41, 5.74) is 0. The summed E-state index contributed by atoms with van der Waals surface area (Å²) in [7, 11) is 3.65. The number of aliphatic carboxylic acids is 1. The Morgan fingerprint density at radius 2 is 1.54 bits per heavy atom. The summed E-state index contributed by atoms with van der Waals surface area (Å²) < 4.78 is 31.7. The molecule has 1 atom stereocenters. The van der Waals surface area contributed by atoms with Crippen molar-refractivity contribution in [2.24, 2.45) is 0 Å². The van der Waals surface area contributed by atoms with Gasteiger partial charge in [-0.2, -0.15) is 13.2 Å². The summed E-state index contributed by atoms with van der Waals surface area (Å²) in [6.45, 7) is 1.72. The van der Waals surface area contributed by atoms with Crippen molar-refractivity contribution in [3.8, 4) is 0 Å². The van der Waals surface area contributed by atoms with Gasteiger partial charge >= 0.3 is 12.1 Å². The Morgan fingerprint density at radius 1 is 1.38 bits per heavy atom. The highest BCUT2D eigenvalue weighted by atomic mass is 19.4. The normalized spacial score (nSPS) is 13.2. The lowest BCUT2D eigenvalue weighted by atomic mass is 10.6. The van der Waals surface area contributed by atoms with E-state index in [-0.39, 0.29) is 6.23 Å². The molecule has 0 aromatic heterocycles. The highest BCUT2D eigenvalue weighted by Gasteiger charge is 2.38. The topological polar surface area (TPSA) is 60.8 Å². The number of aliphatic hydroxyl groups excluding tert-OH is 1. The summed E-state index contributed by atoms with van der Waals surface area (Å²) in [5, 5.41) is 15.7. The minimum absolute atomic E-state index is 0.315. The first kappa shape index (κ1) is 14.7. The SMILES string of the molecule is CC(O)N(C)C.O=C(O)C(F)(F)F. The first-order valence-corrected chi connectivity index (χ1v) is 3.23. The van der Waals surface area contributed by atoms with E-state index >= 15 is 0 Å². The molecule has 0 bridgehead atoms. The van der Waals surface area contributed by atoms with Crippen LogP contribution < -0.4 is 0 Å². The van der Waals surface area contributed by atoms with Gasteiger partial charge in [-0.05, 0) is 21.0 Å². The largest absolute Gasteiger partial charge is 0.490 e. The van der Waals surface area contributed by atoms with Crippen molar-refractivity contribution in [3.05, 3.63) is 0 Å². The molecule has 0 spiro atoms. The van der Waals surface area contributed by atoms with Crippen LogP contribution in [0.5, 0.6) is 0 Å². The van der Waals surface area contributed by atoms with Gasteiger partial charge in [0, 0.05) is 0 Å². The molecule has 0 fully saturated rings. The van der Waals surface area contributed by atoms with E-state index < -0.39 is 12.1 Å². The quantitative estimate of drug-likeness (QED) is 0.610. The van der Waals surface area contributed by atoms with Crippen molar-refractivity contribution >= 4 is 5.97 Å². The maximum absolute atomic E-state index is 10.6. The molecule has 0 amide bonds. The third kappa shape index (κ3) is 11.2. The third-order valence-corrected chi connectivity index (χ3v) is 0.990. The zero-order chi connectivity index (χ0) is 11.2. The lowest BCUT2D eigenvalue weighted by Gasteiger charge is -2.11. The van der Waals surface area contributed by atoms with Crippen molar-refractivity contribution in [3.63, 3.8) is 0 Å². The minimum Gasteiger partial charge on any atom is -0.475 e. The Hall–Kier alpha value is -0.820. The summed E-state index contributed by atoms with van der Waals surface area (Å²) in [6, 6.07) is 0. The number of carboxylic acids is 1. The zero-order valence-electron chi connectivity index (χ0n) is 7.46. The van der Waals surface area contributed by atoms with Gasteiger partial charge in [-0.3, -0.25) is 4.90 Å². The van der Waals surface area contributed by atoms with E-state index in [1.54, 1.807) is 11.8 Å². The molecule has 1 unspecified atom stereocenters. The van der Waals surface area contributed by atoms with E-state index in [1.807, 2.05) is 14.1 Å². The van der Waals surface area contributed by atoms with Crippen molar-refractivity contribution in [2.75, 3.05) is 14.1 Å². The van der Waals surface area contributed by atoms with Gasteiger partial charge in [-0.25, -0.2) is 4.79 Å². The molecule has 0 aromatic rings. The molecule has 2 N–H and O–H groups in total. The fourth-order valence-corrected chi connectivity index (χ4v) is 0. The van der Waals surface area contributed by atoms with Gasteiger partial charge in [0.2, 0.25) is 0 Å². The van der Waals surface area contributed by atoms with E-state index in [2.05, 4.69) is 0 Å². The second kappa shape index (κ2) is 5.76. The minimum atomic E-state index is -5.08. The Morgan fingerprint density at radius 3 is 1.54 bits per heavy atom. The van der Waals surface area contributed by atoms with Crippen LogP contribution in [0.3, 0.4) is 0 Å². The van der Waals surface area contributed by atoms with E-state index in [0.717, 1.165) is 0 Å². The monoisotopic (exact) mass is 203 g/mol. The predicted octanol–water partition coefficient (Wildman–Crippen LogP) is 0.520. The van der Waals surface area contributed by atoms with E-state index in [9.17, 15) is 13.2 Å². The van der Waals surface area contributed by atoms with Gasteiger partial charge in [-0.1, -0.05) is 0 Å². The van der Waals surface area contributed by atoms with Gasteiger partial charge in [0.05, 0.1) is 0 Å². The molecule has 7 heteroatoms. The van der Waals surface area contributed by atoms with Gasteiger partial charge in [0.25, 0.3) is 0 Å². The molecule has 0 aromatic carbocycles. The van der Waals surface area contributed by atoms with Crippen LogP contribution in [0.4, 0.5) is 13.2 Å². The fourth-order valence-electron chi connectivity index (χ4n) is 0. The van der Waals surface area contributed by atoms with E-state index in [4.69, 9.17) is 15.0 Å². The Balaban J connectivity index is 0. The summed E-state index contributed by atoms with van der Waals surface area (Å²) >= 11 is 0. The molecule has 0 aliphatic rings. The third-order valence-electron chi connectivity index (χ3n) is 0.990. The fraction of sp³-hybridized carbons (Fsp3) is 0.833. The standard InChI is InChI=1S/C4H11NO.C2HF3O2/c1-4(6)5(2)3;3-2(4,5)1(6)7/h4,6H,1-3H3;(H,6,7). The Kier molecular flexibility index (Phi) is 6.51. The van der Waals surface area contributed by atoms with Gasteiger partial charge in [0.15, 0.2) is 0 Å². The molecule has 80 valence electrons. The van der Waals surface area contributed by atoms with Crippen molar-refractivity contribution < 1.29 is 28.2 Å². The number of aliphatic hydroxyl groups is 1. The van der Waals surface area contributed by atoms with Crippen LogP contribution in [-0.2, 0) is 4.79 Å². The predicted molar refractivity (Wildman–Crippen MR) is 39.1 cm³/mol. The number of rotatable bonds is 1. The molecule has 0 aliphatic carbocycles. The summed E-state index contributed by atoms with van der Waals surface area (Å²) in [4.78, 5) is 10.6. The van der Waals surface area contributed by atoms with Crippen LogP contribution in [-0.4, -0.2) is 47.6 Å². The van der Waals surface area contributed by atoms with Crippen LogP contribution in [0.2, 0.25) is 0 Å². The lowest BCUT2D eigenvalue weighted by Crippen LogP contribution is -2.23. The van der Waals surface area contributed by atoms with Crippen LogP contribution in [0.15, 0.2) is 0 Å². The number of carbonyl (C=O) groups is 1. The number of carboxylic acid groups (broad SMARTS) is 1. The maximum Gasteiger partial charge on any atom is 0.490 e.